The highest BCUT2D eigenvalue weighted by atomic mass is 19.1. The van der Waals surface area contributed by atoms with Crippen LogP contribution in [0.15, 0.2) is 24.3 Å². The van der Waals surface area contributed by atoms with E-state index in [1.54, 1.807) is 31.3 Å². The molecule has 1 aromatic rings. The standard InChI is InChI=1S/C14H21FN2O3/c1-19-8-6-17(7-9-20-2)14(18)16-11-12-4-3-5-13(15)10-12/h3-5,10H,6-9,11H2,1-2H3,(H,16,18). The quantitative estimate of drug-likeness (QED) is 0.789. The van der Waals surface area contributed by atoms with Crippen molar-refractivity contribution in [2.45, 2.75) is 6.54 Å². The van der Waals surface area contributed by atoms with Gasteiger partial charge in [0, 0.05) is 33.9 Å². The van der Waals surface area contributed by atoms with Crippen molar-refractivity contribution in [2.24, 2.45) is 0 Å². The minimum atomic E-state index is -0.313. The predicted molar refractivity (Wildman–Crippen MR) is 74.0 cm³/mol. The van der Waals surface area contributed by atoms with Gasteiger partial charge in [-0.2, -0.15) is 0 Å². The number of nitrogens with zero attached hydrogens (tertiary/aromatic N) is 1. The third-order valence-electron chi connectivity index (χ3n) is 2.75. The van der Waals surface area contributed by atoms with Gasteiger partial charge in [-0.15, -0.1) is 0 Å². The number of halogens is 1. The van der Waals surface area contributed by atoms with Crippen molar-refractivity contribution in [3.63, 3.8) is 0 Å². The predicted octanol–water partition coefficient (Wildman–Crippen LogP) is 1.63. The highest BCUT2D eigenvalue weighted by molar-refractivity contribution is 5.74. The molecule has 0 bridgehead atoms. The van der Waals surface area contributed by atoms with Crippen LogP contribution in [0.5, 0.6) is 0 Å². The molecule has 0 saturated carbocycles. The lowest BCUT2D eigenvalue weighted by molar-refractivity contribution is 0.122. The van der Waals surface area contributed by atoms with E-state index in [0.717, 1.165) is 5.56 Å². The minimum absolute atomic E-state index is 0.219. The highest BCUT2D eigenvalue weighted by Gasteiger charge is 2.12. The first-order chi connectivity index (χ1) is 9.67. The number of amides is 2. The second kappa shape index (κ2) is 9.28. The van der Waals surface area contributed by atoms with Gasteiger partial charge < -0.3 is 19.7 Å². The molecule has 5 nitrogen and oxygen atoms in total. The van der Waals surface area contributed by atoms with Crippen molar-refractivity contribution < 1.29 is 18.7 Å². The van der Waals surface area contributed by atoms with Gasteiger partial charge in [0.25, 0.3) is 0 Å². The molecule has 1 aromatic carbocycles. The van der Waals surface area contributed by atoms with E-state index in [1.165, 1.54) is 12.1 Å². The van der Waals surface area contributed by atoms with Crippen LogP contribution in [0.3, 0.4) is 0 Å². The number of hydrogen-bond donors (Lipinski definition) is 1. The van der Waals surface area contributed by atoms with E-state index < -0.39 is 0 Å². The molecule has 0 spiro atoms. The van der Waals surface area contributed by atoms with Crippen LogP contribution < -0.4 is 5.32 Å². The molecule has 20 heavy (non-hydrogen) atoms. The number of urea groups is 1. The van der Waals surface area contributed by atoms with Gasteiger partial charge in [-0.25, -0.2) is 9.18 Å². The fourth-order valence-electron chi connectivity index (χ4n) is 1.65. The van der Waals surface area contributed by atoms with Gasteiger partial charge >= 0.3 is 6.03 Å². The lowest BCUT2D eigenvalue weighted by atomic mass is 10.2. The van der Waals surface area contributed by atoms with Crippen LogP contribution in [0.2, 0.25) is 0 Å². The molecule has 0 aliphatic heterocycles. The summed E-state index contributed by atoms with van der Waals surface area (Å²) in [5, 5.41) is 2.75. The molecule has 2 amide bonds. The molecule has 0 atom stereocenters. The van der Waals surface area contributed by atoms with Crippen LogP contribution in [-0.2, 0) is 16.0 Å². The topological polar surface area (TPSA) is 50.8 Å². The average Bonchev–Trinajstić information content (AvgIpc) is 2.45. The molecule has 1 rings (SSSR count). The zero-order valence-electron chi connectivity index (χ0n) is 11.9. The number of nitrogens with one attached hydrogen (secondary N) is 1. The summed E-state index contributed by atoms with van der Waals surface area (Å²) in [5.41, 5.74) is 0.719. The molecule has 0 fully saturated rings. The first kappa shape index (κ1) is 16.4. The first-order valence-corrected chi connectivity index (χ1v) is 6.42. The van der Waals surface area contributed by atoms with E-state index in [2.05, 4.69) is 5.32 Å². The SMILES string of the molecule is COCCN(CCOC)C(=O)NCc1cccc(F)c1. The smallest absolute Gasteiger partial charge is 0.317 e. The number of benzene rings is 1. The van der Waals surface area contributed by atoms with Crippen molar-refractivity contribution in [3.05, 3.63) is 35.6 Å². The van der Waals surface area contributed by atoms with Gasteiger partial charge in [-0.1, -0.05) is 12.1 Å². The fourth-order valence-corrected chi connectivity index (χ4v) is 1.65. The molecule has 0 saturated heterocycles. The second-order valence-corrected chi connectivity index (χ2v) is 4.26. The van der Waals surface area contributed by atoms with Gasteiger partial charge in [0.15, 0.2) is 0 Å². The lowest BCUT2D eigenvalue weighted by Crippen LogP contribution is -2.43. The van der Waals surface area contributed by atoms with E-state index in [-0.39, 0.29) is 18.4 Å². The Morgan fingerprint density at radius 2 is 1.90 bits per heavy atom. The number of methoxy groups -OCH3 is 2. The number of carbonyl (C=O) groups excluding carboxylic acids is 1. The van der Waals surface area contributed by atoms with Crippen LogP contribution in [0.1, 0.15) is 5.56 Å². The van der Waals surface area contributed by atoms with Crippen LogP contribution in [0.4, 0.5) is 9.18 Å². The summed E-state index contributed by atoms with van der Waals surface area (Å²) in [5.74, 6) is -0.313. The fraction of sp³-hybridized carbons (Fsp3) is 0.500. The number of rotatable bonds is 8. The summed E-state index contributed by atoms with van der Waals surface area (Å²) in [6.07, 6.45) is 0. The van der Waals surface area contributed by atoms with Crippen LogP contribution in [0.25, 0.3) is 0 Å². The van der Waals surface area contributed by atoms with Crippen molar-refractivity contribution in [2.75, 3.05) is 40.5 Å². The molecule has 1 N–H and O–H groups in total. The summed E-state index contributed by atoms with van der Waals surface area (Å²) in [6.45, 7) is 2.16. The van der Waals surface area contributed by atoms with Crippen molar-refractivity contribution in [3.8, 4) is 0 Å². The monoisotopic (exact) mass is 284 g/mol. The minimum Gasteiger partial charge on any atom is -0.383 e. The zero-order chi connectivity index (χ0) is 14.8. The third kappa shape index (κ3) is 5.99. The van der Waals surface area contributed by atoms with E-state index in [9.17, 15) is 9.18 Å². The number of carbonyl (C=O) groups is 1. The largest absolute Gasteiger partial charge is 0.383 e. The maximum absolute atomic E-state index is 13.0. The molecule has 0 unspecified atom stereocenters. The summed E-state index contributed by atoms with van der Waals surface area (Å²) in [7, 11) is 3.16. The van der Waals surface area contributed by atoms with Gasteiger partial charge in [0.1, 0.15) is 5.82 Å². The molecule has 0 aliphatic carbocycles. The number of ether oxygens (including phenoxy) is 2. The first-order valence-electron chi connectivity index (χ1n) is 6.42. The van der Waals surface area contributed by atoms with Crippen LogP contribution in [-0.4, -0.2) is 51.5 Å². The maximum atomic E-state index is 13.0. The highest BCUT2D eigenvalue weighted by Crippen LogP contribution is 2.03. The zero-order valence-corrected chi connectivity index (χ0v) is 11.9. The third-order valence-corrected chi connectivity index (χ3v) is 2.75. The molecule has 0 aromatic heterocycles. The van der Waals surface area contributed by atoms with E-state index in [1.807, 2.05) is 0 Å². The summed E-state index contributed by atoms with van der Waals surface area (Å²) >= 11 is 0. The normalized spacial score (nSPS) is 10.3. The van der Waals surface area contributed by atoms with Gasteiger partial charge in [-0.3, -0.25) is 0 Å². The average molecular weight is 284 g/mol. The Morgan fingerprint density at radius 1 is 1.25 bits per heavy atom. The molecule has 6 heteroatoms. The summed E-state index contributed by atoms with van der Waals surface area (Å²) in [6, 6.07) is 5.93. The molecule has 112 valence electrons. The van der Waals surface area contributed by atoms with Crippen molar-refractivity contribution in [1.82, 2.24) is 10.2 Å². The maximum Gasteiger partial charge on any atom is 0.317 e. The van der Waals surface area contributed by atoms with Crippen LogP contribution >= 0.6 is 0 Å². The number of hydrogen-bond acceptors (Lipinski definition) is 3. The molecular formula is C14H21FN2O3. The van der Waals surface area contributed by atoms with E-state index in [0.29, 0.717) is 26.3 Å². The Labute approximate surface area is 118 Å². The second-order valence-electron chi connectivity index (χ2n) is 4.26. The summed E-state index contributed by atoms with van der Waals surface area (Å²) in [4.78, 5) is 13.6. The van der Waals surface area contributed by atoms with Crippen LogP contribution in [0, 0.1) is 5.82 Å². The Balaban J connectivity index is 2.47. The Kier molecular flexibility index (Phi) is 7.60. The van der Waals surface area contributed by atoms with Crippen molar-refractivity contribution >= 4 is 6.03 Å². The van der Waals surface area contributed by atoms with Gasteiger partial charge in [-0.05, 0) is 17.7 Å². The van der Waals surface area contributed by atoms with Gasteiger partial charge in [0.05, 0.1) is 13.2 Å². The summed E-state index contributed by atoms with van der Waals surface area (Å²) < 4.78 is 23.0. The molecule has 0 radical (unpaired) electrons. The Hall–Kier alpha value is -1.66. The lowest BCUT2D eigenvalue weighted by Gasteiger charge is -2.22. The molecular weight excluding hydrogens is 263 g/mol. The van der Waals surface area contributed by atoms with Gasteiger partial charge in [0.2, 0.25) is 0 Å². The molecule has 0 heterocycles. The Bertz CT molecular complexity index is 407. The molecule has 0 aliphatic rings. The van der Waals surface area contributed by atoms with E-state index >= 15 is 0 Å². The Morgan fingerprint density at radius 3 is 2.45 bits per heavy atom. The van der Waals surface area contributed by atoms with Crippen molar-refractivity contribution in [1.29, 1.82) is 0 Å². The van der Waals surface area contributed by atoms with E-state index in [4.69, 9.17) is 9.47 Å².